The second kappa shape index (κ2) is 7.73. The first-order valence-electron chi connectivity index (χ1n) is 4.77. The zero-order chi connectivity index (χ0) is 11.0. The van der Waals surface area contributed by atoms with Crippen molar-refractivity contribution in [2.45, 2.75) is 26.1 Å². The van der Waals surface area contributed by atoms with Crippen molar-refractivity contribution in [3.8, 4) is 0 Å². The van der Waals surface area contributed by atoms with Crippen LogP contribution in [-0.2, 0) is 9.53 Å². The Morgan fingerprint density at radius 1 is 1.50 bits per heavy atom. The zero-order valence-electron chi connectivity index (χ0n) is 9.04. The largest absolute Gasteiger partial charge is 0.389 e. The summed E-state index contributed by atoms with van der Waals surface area (Å²) >= 11 is 0. The molecule has 1 unspecified atom stereocenters. The average Bonchev–Trinajstić information content (AvgIpc) is 2.14. The Hall–Kier alpha value is -0.650. The van der Waals surface area contributed by atoms with Crippen molar-refractivity contribution in [2.24, 2.45) is 0 Å². The number of nitrogens with one attached hydrogen (secondary N) is 2. The first-order chi connectivity index (χ1) is 6.56. The molecule has 84 valence electrons. The SMILES string of the molecule is CNC(=O)CNCC(O)COC(C)C. The number of amides is 1. The minimum absolute atomic E-state index is 0.0954. The van der Waals surface area contributed by atoms with Crippen molar-refractivity contribution in [1.82, 2.24) is 10.6 Å². The third-order valence-electron chi connectivity index (χ3n) is 1.57. The Morgan fingerprint density at radius 3 is 2.64 bits per heavy atom. The van der Waals surface area contributed by atoms with E-state index in [9.17, 15) is 9.90 Å². The van der Waals surface area contributed by atoms with E-state index in [1.165, 1.54) is 0 Å². The van der Waals surface area contributed by atoms with Gasteiger partial charge in [-0.15, -0.1) is 0 Å². The van der Waals surface area contributed by atoms with Gasteiger partial charge in [0, 0.05) is 13.6 Å². The van der Waals surface area contributed by atoms with Crippen molar-refractivity contribution in [2.75, 3.05) is 26.7 Å². The second-order valence-electron chi connectivity index (χ2n) is 3.34. The molecule has 0 saturated heterocycles. The van der Waals surface area contributed by atoms with Crippen LogP contribution in [0.15, 0.2) is 0 Å². The van der Waals surface area contributed by atoms with E-state index < -0.39 is 6.10 Å². The molecule has 0 radical (unpaired) electrons. The van der Waals surface area contributed by atoms with Crippen molar-refractivity contribution < 1.29 is 14.6 Å². The Kier molecular flexibility index (Phi) is 7.37. The topological polar surface area (TPSA) is 70.6 Å². The highest BCUT2D eigenvalue weighted by molar-refractivity contribution is 5.77. The fraction of sp³-hybridized carbons (Fsp3) is 0.889. The van der Waals surface area contributed by atoms with E-state index in [4.69, 9.17) is 4.74 Å². The molecule has 0 aliphatic rings. The number of carbonyl (C=O) groups excluding carboxylic acids is 1. The summed E-state index contributed by atoms with van der Waals surface area (Å²) in [6.07, 6.45) is -0.453. The summed E-state index contributed by atoms with van der Waals surface area (Å²) in [7, 11) is 1.57. The third-order valence-corrected chi connectivity index (χ3v) is 1.57. The van der Waals surface area contributed by atoms with Gasteiger partial charge in [-0.2, -0.15) is 0 Å². The minimum atomic E-state index is -0.568. The molecule has 0 saturated carbocycles. The number of aliphatic hydroxyl groups excluding tert-OH is 1. The molecule has 14 heavy (non-hydrogen) atoms. The summed E-state index contributed by atoms with van der Waals surface area (Å²) < 4.78 is 5.20. The number of hydrogen-bond acceptors (Lipinski definition) is 4. The molecule has 0 aliphatic carbocycles. The molecule has 0 heterocycles. The van der Waals surface area contributed by atoms with E-state index in [-0.39, 0.29) is 18.6 Å². The Labute approximate surface area is 84.8 Å². The van der Waals surface area contributed by atoms with Gasteiger partial charge < -0.3 is 20.5 Å². The first kappa shape index (κ1) is 13.4. The maximum atomic E-state index is 10.8. The van der Waals surface area contributed by atoms with Crippen molar-refractivity contribution in [3.05, 3.63) is 0 Å². The summed E-state index contributed by atoms with van der Waals surface area (Å²) in [6, 6.07) is 0. The minimum Gasteiger partial charge on any atom is -0.389 e. The van der Waals surface area contributed by atoms with E-state index in [1.54, 1.807) is 7.05 Å². The second-order valence-corrected chi connectivity index (χ2v) is 3.34. The highest BCUT2D eigenvalue weighted by Crippen LogP contribution is 1.90. The molecule has 1 amide bonds. The lowest BCUT2D eigenvalue weighted by Gasteiger charge is -2.13. The summed E-state index contributed by atoms with van der Waals surface area (Å²) in [5.41, 5.74) is 0. The van der Waals surface area contributed by atoms with E-state index in [1.807, 2.05) is 13.8 Å². The molecular weight excluding hydrogens is 184 g/mol. The van der Waals surface area contributed by atoms with E-state index >= 15 is 0 Å². The average molecular weight is 204 g/mol. The van der Waals surface area contributed by atoms with Crippen LogP contribution in [0, 0.1) is 0 Å². The number of aliphatic hydroxyl groups is 1. The number of likely N-dealkylation sites (N-methyl/N-ethyl adjacent to an activating group) is 1. The molecule has 0 aromatic heterocycles. The van der Waals surface area contributed by atoms with Gasteiger partial charge in [0.25, 0.3) is 0 Å². The number of rotatable bonds is 7. The van der Waals surface area contributed by atoms with E-state index in [0.717, 1.165) is 0 Å². The monoisotopic (exact) mass is 204 g/mol. The molecule has 0 aromatic carbocycles. The van der Waals surface area contributed by atoms with Crippen LogP contribution in [0.4, 0.5) is 0 Å². The Bertz CT molecular complexity index is 162. The summed E-state index contributed by atoms with van der Waals surface area (Å²) in [6.45, 7) is 4.68. The molecular formula is C9H20N2O3. The van der Waals surface area contributed by atoms with Gasteiger partial charge >= 0.3 is 0 Å². The van der Waals surface area contributed by atoms with Crippen LogP contribution in [0.1, 0.15) is 13.8 Å². The highest BCUT2D eigenvalue weighted by atomic mass is 16.5. The lowest BCUT2D eigenvalue weighted by molar-refractivity contribution is -0.119. The predicted octanol–water partition coefficient (Wildman–Crippen LogP) is -0.892. The third kappa shape index (κ3) is 7.97. The number of ether oxygens (including phenoxy) is 1. The molecule has 0 spiro atoms. The normalized spacial score (nSPS) is 12.9. The van der Waals surface area contributed by atoms with Crippen LogP contribution >= 0.6 is 0 Å². The van der Waals surface area contributed by atoms with Crippen LogP contribution < -0.4 is 10.6 Å². The molecule has 1 atom stereocenters. The van der Waals surface area contributed by atoms with Gasteiger partial charge in [-0.25, -0.2) is 0 Å². The predicted molar refractivity (Wildman–Crippen MR) is 54.0 cm³/mol. The van der Waals surface area contributed by atoms with Gasteiger partial charge in [0.2, 0.25) is 5.91 Å². The van der Waals surface area contributed by atoms with Gasteiger partial charge in [0.05, 0.1) is 25.4 Å². The fourth-order valence-corrected chi connectivity index (χ4v) is 0.803. The van der Waals surface area contributed by atoms with Crippen molar-refractivity contribution >= 4 is 5.91 Å². The fourth-order valence-electron chi connectivity index (χ4n) is 0.803. The van der Waals surface area contributed by atoms with Crippen LogP contribution in [0.25, 0.3) is 0 Å². The molecule has 0 bridgehead atoms. The lowest BCUT2D eigenvalue weighted by Crippen LogP contribution is -2.37. The molecule has 5 heteroatoms. The van der Waals surface area contributed by atoms with Gasteiger partial charge in [0.1, 0.15) is 0 Å². The Balaban J connectivity index is 3.35. The summed E-state index contributed by atoms with van der Waals surface area (Å²) in [4.78, 5) is 10.8. The summed E-state index contributed by atoms with van der Waals surface area (Å²) in [5.74, 6) is -0.0954. The van der Waals surface area contributed by atoms with Gasteiger partial charge in [-0.3, -0.25) is 4.79 Å². The standard InChI is InChI=1S/C9H20N2O3/c1-7(2)14-6-8(12)4-11-5-9(13)10-3/h7-8,11-12H,4-6H2,1-3H3,(H,10,13). The van der Waals surface area contributed by atoms with Gasteiger partial charge in [0.15, 0.2) is 0 Å². The van der Waals surface area contributed by atoms with Crippen LogP contribution in [0.3, 0.4) is 0 Å². The van der Waals surface area contributed by atoms with Crippen LogP contribution in [0.5, 0.6) is 0 Å². The molecule has 0 aromatic rings. The Morgan fingerprint density at radius 2 is 2.14 bits per heavy atom. The smallest absolute Gasteiger partial charge is 0.233 e. The van der Waals surface area contributed by atoms with E-state index in [2.05, 4.69) is 10.6 Å². The van der Waals surface area contributed by atoms with Gasteiger partial charge in [-0.05, 0) is 13.8 Å². The maximum Gasteiger partial charge on any atom is 0.233 e. The lowest BCUT2D eigenvalue weighted by atomic mass is 10.3. The first-order valence-corrected chi connectivity index (χ1v) is 4.77. The molecule has 0 rings (SSSR count). The number of carbonyl (C=O) groups is 1. The van der Waals surface area contributed by atoms with Crippen LogP contribution in [-0.4, -0.2) is 50.0 Å². The molecule has 0 aliphatic heterocycles. The highest BCUT2D eigenvalue weighted by Gasteiger charge is 2.05. The van der Waals surface area contributed by atoms with Crippen molar-refractivity contribution in [3.63, 3.8) is 0 Å². The zero-order valence-corrected chi connectivity index (χ0v) is 9.04. The maximum absolute atomic E-state index is 10.8. The quantitative estimate of drug-likeness (QED) is 0.503. The molecule has 3 N–H and O–H groups in total. The molecule has 0 fully saturated rings. The molecule has 5 nitrogen and oxygen atoms in total. The van der Waals surface area contributed by atoms with Crippen molar-refractivity contribution in [1.29, 1.82) is 0 Å². The van der Waals surface area contributed by atoms with Gasteiger partial charge in [-0.1, -0.05) is 0 Å². The summed E-state index contributed by atoms with van der Waals surface area (Å²) in [5, 5.41) is 14.7. The van der Waals surface area contributed by atoms with E-state index in [0.29, 0.717) is 13.2 Å². The van der Waals surface area contributed by atoms with Crippen LogP contribution in [0.2, 0.25) is 0 Å². The number of hydrogen-bond donors (Lipinski definition) is 3.